The lowest BCUT2D eigenvalue weighted by Crippen LogP contribution is -2.54. The zero-order valence-corrected chi connectivity index (χ0v) is 41.6. The predicted octanol–water partition coefficient (Wildman–Crippen LogP) is 5.59. The minimum Gasteiger partial charge on any atom is -0.507 e. The van der Waals surface area contributed by atoms with Gasteiger partial charge in [0.1, 0.15) is 30.4 Å². The Labute approximate surface area is 425 Å². The number of ether oxygens (including phenoxy) is 3. The summed E-state index contributed by atoms with van der Waals surface area (Å²) in [5, 5.41) is 45.9. The van der Waals surface area contributed by atoms with Gasteiger partial charge in [-0.25, -0.2) is 4.98 Å². The summed E-state index contributed by atoms with van der Waals surface area (Å²) in [5.41, 5.74) is 10.9. The van der Waals surface area contributed by atoms with Gasteiger partial charge in [-0.15, -0.1) is 10.2 Å². The third-order valence-electron chi connectivity index (χ3n) is 15.2. The van der Waals surface area contributed by atoms with Crippen molar-refractivity contribution < 1.29 is 38.5 Å². The van der Waals surface area contributed by atoms with Gasteiger partial charge >= 0.3 is 0 Å². The molecule has 0 spiro atoms. The SMILES string of the molecule is CC(C)[C@@H](C(=O)N1C[C@H](O)C[C@H]1C(=O)N[C@@H](C)c1ccc(C#N)cc1)c1cc(OCCN2CCC(OC3CC(Oc4cc(N5C6CCC5CN(c5cc(-c7ccccc7O)nnc5N)C6)ccn4)C3)CC2)no1. The number of anilines is 3. The van der Waals surface area contributed by atoms with Gasteiger partial charge < -0.3 is 54.7 Å². The molecule has 2 unspecified atom stereocenters. The number of phenols is 1. The fourth-order valence-corrected chi connectivity index (χ4v) is 11.3. The van der Waals surface area contributed by atoms with Crippen LogP contribution in [0.4, 0.5) is 17.2 Å². The Morgan fingerprint density at radius 3 is 2.38 bits per heavy atom. The Bertz CT molecular complexity index is 2760. The number of pyridine rings is 1. The van der Waals surface area contributed by atoms with Gasteiger partial charge in [-0.2, -0.15) is 5.26 Å². The van der Waals surface area contributed by atoms with E-state index in [1.165, 1.54) is 4.90 Å². The molecule has 1 aliphatic carbocycles. The molecule has 5 N–H and O–H groups in total. The molecule has 2 bridgehead atoms. The monoisotopic (exact) mass is 996 g/mol. The van der Waals surface area contributed by atoms with Crippen LogP contribution in [0, 0.1) is 17.2 Å². The van der Waals surface area contributed by atoms with Crippen molar-refractivity contribution in [1.82, 2.24) is 35.5 Å². The third-order valence-corrected chi connectivity index (χ3v) is 15.2. The van der Waals surface area contributed by atoms with Gasteiger partial charge in [-0.1, -0.05) is 38.1 Å². The van der Waals surface area contributed by atoms with Gasteiger partial charge in [-0.05, 0) is 85.6 Å². The number of carbonyl (C=O) groups is 2. The molecule has 10 rings (SSSR count). The highest BCUT2D eigenvalue weighted by atomic mass is 16.5. The van der Waals surface area contributed by atoms with E-state index in [4.69, 9.17) is 29.7 Å². The second-order valence-electron chi connectivity index (χ2n) is 20.6. The van der Waals surface area contributed by atoms with Crippen LogP contribution in [0.25, 0.3) is 11.3 Å². The second-order valence-corrected chi connectivity index (χ2v) is 20.6. The fourth-order valence-electron chi connectivity index (χ4n) is 11.3. The Hall–Kier alpha value is -7.01. The molecule has 2 aromatic carbocycles. The summed E-state index contributed by atoms with van der Waals surface area (Å²) in [6.07, 6.45) is 7.15. The number of aliphatic hydroxyl groups excluding tert-OH is 1. The minimum absolute atomic E-state index is 0.0330. The molecule has 6 atom stereocenters. The number of carbonyl (C=O) groups excluding carboxylic acids is 2. The van der Waals surface area contributed by atoms with Crippen LogP contribution in [0.15, 0.2) is 83.5 Å². The number of benzene rings is 2. The lowest BCUT2D eigenvalue weighted by Gasteiger charge is -2.43. The number of nitrogen functional groups attached to an aromatic ring is 1. The maximum Gasteiger partial charge on any atom is 0.254 e. The lowest BCUT2D eigenvalue weighted by atomic mass is 9.91. The summed E-state index contributed by atoms with van der Waals surface area (Å²) in [6, 6.07) is 23.3. The van der Waals surface area contributed by atoms with Crippen molar-refractivity contribution in [2.45, 2.75) is 120 Å². The van der Waals surface area contributed by atoms with E-state index in [0.717, 1.165) is 81.6 Å². The number of hydrogen-bond acceptors (Lipinski definition) is 17. The van der Waals surface area contributed by atoms with Crippen molar-refractivity contribution in [3.8, 4) is 34.8 Å². The first kappa shape index (κ1) is 49.6. The van der Waals surface area contributed by atoms with E-state index >= 15 is 0 Å². The van der Waals surface area contributed by atoms with Gasteiger partial charge in [0.15, 0.2) is 11.6 Å². The minimum atomic E-state index is -0.853. The number of likely N-dealkylation sites (tertiary alicyclic amines) is 2. The molecule has 7 heterocycles. The standard InChI is InChI=1S/C54H65N11O8/c1-32(2)51(54(69)64-31-39(66)23-46(64)53(68)58-33(3)35-10-8-34(28-55)9-11-35)48-27-50(61-73-48)70-21-20-62-18-15-40(16-19-62)71-41-24-42(25-41)72-49-22-36(14-17-57-49)65-37-12-13-38(65)30-63(29-37)45-26-44(59-60-52(45)56)43-6-4-5-7-47(43)67/h4-11,14,17,22,26-27,32-33,37-42,46,51,66-67H,12-13,15-16,18-21,23-25,29-31H2,1-3H3,(H2,56,60)(H,58,68)/t33-,37?,38?,39+,41?,42?,46-,51+/m0/s1. The van der Waals surface area contributed by atoms with Crippen molar-refractivity contribution in [2.75, 3.05) is 61.4 Å². The Morgan fingerprint density at radius 1 is 0.904 bits per heavy atom. The van der Waals surface area contributed by atoms with Crippen molar-refractivity contribution in [3.63, 3.8) is 0 Å². The Balaban J connectivity index is 0.643. The van der Waals surface area contributed by atoms with Crippen molar-refractivity contribution in [2.24, 2.45) is 5.92 Å². The van der Waals surface area contributed by atoms with Gasteiger partial charge in [0.2, 0.25) is 17.7 Å². The maximum atomic E-state index is 14.1. The molecule has 0 radical (unpaired) electrons. The third kappa shape index (κ3) is 11.0. The summed E-state index contributed by atoms with van der Waals surface area (Å²) in [5.74, 6) is 0.207. The number of fused-ring (bicyclic) bond motifs is 2. The van der Waals surface area contributed by atoms with E-state index in [1.807, 2.05) is 45.2 Å². The van der Waals surface area contributed by atoms with Gasteiger partial charge in [0.25, 0.3) is 5.88 Å². The summed E-state index contributed by atoms with van der Waals surface area (Å²) in [6.45, 7) is 10.1. The largest absolute Gasteiger partial charge is 0.507 e. The van der Waals surface area contributed by atoms with E-state index < -0.39 is 18.1 Å². The van der Waals surface area contributed by atoms with E-state index in [0.29, 0.717) is 53.3 Å². The number of aliphatic hydroxyl groups is 1. The molecule has 5 fully saturated rings. The Kier molecular flexibility index (Phi) is 14.7. The number of hydrogen-bond donors (Lipinski definition) is 4. The molecule has 19 nitrogen and oxygen atoms in total. The highest BCUT2D eigenvalue weighted by Crippen LogP contribution is 2.41. The number of aromatic nitrogens is 4. The quantitative estimate of drug-likeness (QED) is 0.0887. The van der Waals surface area contributed by atoms with Crippen LogP contribution in [0.2, 0.25) is 0 Å². The zero-order valence-electron chi connectivity index (χ0n) is 41.6. The molecule has 5 aliphatic rings. The summed E-state index contributed by atoms with van der Waals surface area (Å²) < 4.78 is 24.6. The molecule has 1 saturated carbocycles. The first-order chi connectivity index (χ1) is 35.4. The maximum absolute atomic E-state index is 14.1. The van der Waals surface area contributed by atoms with Gasteiger partial charge in [-0.3, -0.25) is 14.5 Å². The van der Waals surface area contributed by atoms with Crippen molar-refractivity contribution in [3.05, 3.63) is 95.9 Å². The summed E-state index contributed by atoms with van der Waals surface area (Å²) in [4.78, 5) is 40.8. The number of aromatic hydroxyl groups is 1. The number of rotatable bonds is 17. The van der Waals surface area contributed by atoms with E-state index in [1.54, 1.807) is 42.5 Å². The van der Waals surface area contributed by atoms with Crippen LogP contribution in [-0.2, 0) is 14.3 Å². The van der Waals surface area contributed by atoms with Crippen LogP contribution in [0.1, 0.15) is 94.6 Å². The van der Waals surface area contributed by atoms with Gasteiger partial charge in [0, 0.05) is 100 Å². The molecule has 4 saturated heterocycles. The number of nitrogens with one attached hydrogen (secondary N) is 1. The number of nitrogens with zero attached hydrogens (tertiary/aromatic N) is 9. The van der Waals surface area contributed by atoms with Crippen LogP contribution < -0.4 is 30.3 Å². The first-order valence-corrected chi connectivity index (χ1v) is 25.7. The van der Waals surface area contributed by atoms with Crippen molar-refractivity contribution in [1.29, 1.82) is 5.26 Å². The smallest absolute Gasteiger partial charge is 0.254 e. The molecular weight excluding hydrogens is 931 g/mol. The zero-order chi connectivity index (χ0) is 50.8. The molecule has 5 aromatic rings. The summed E-state index contributed by atoms with van der Waals surface area (Å²) >= 11 is 0. The number of nitriles is 1. The van der Waals surface area contributed by atoms with Crippen LogP contribution >= 0.6 is 0 Å². The number of para-hydroxylation sites is 1. The normalized spacial score (nSPS) is 24.0. The van der Waals surface area contributed by atoms with Crippen molar-refractivity contribution >= 4 is 29.0 Å². The van der Waals surface area contributed by atoms with Crippen LogP contribution in [-0.4, -0.2) is 141 Å². The molecular formula is C54H65N11O8. The van der Waals surface area contributed by atoms with Crippen LogP contribution in [0.3, 0.4) is 0 Å². The molecule has 2 amide bonds. The van der Waals surface area contributed by atoms with Crippen LogP contribution in [0.5, 0.6) is 17.5 Å². The van der Waals surface area contributed by atoms with E-state index in [-0.39, 0.29) is 72.9 Å². The first-order valence-electron chi connectivity index (χ1n) is 25.7. The highest BCUT2D eigenvalue weighted by molar-refractivity contribution is 5.91. The fraction of sp³-hybridized carbons (Fsp3) is 0.500. The Morgan fingerprint density at radius 2 is 1.66 bits per heavy atom. The molecule has 384 valence electrons. The predicted molar refractivity (Wildman–Crippen MR) is 271 cm³/mol. The number of piperazine rings is 1. The lowest BCUT2D eigenvalue weighted by molar-refractivity contribution is -0.141. The summed E-state index contributed by atoms with van der Waals surface area (Å²) in [7, 11) is 0. The van der Waals surface area contributed by atoms with E-state index in [2.05, 4.69) is 58.6 Å². The number of phenolic OH excluding ortho intramolecular Hbond substituents is 1. The number of nitrogens with two attached hydrogens (primary N) is 1. The molecule has 4 aliphatic heterocycles. The highest BCUT2D eigenvalue weighted by Gasteiger charge is 2.44. The number of amides is 2. The molecule has 3 aromatic heterocycles. The topological polar surface area (TPSA) is 242 Å². The molecule has 73 heavy (non-hydrogen) atoms. The second kappa shape index (κ2) is 21.6. The number of piperidine rings is 1. The average molecular weight is 996 g/mol. The van der Waals surface area contributed by atoms with Gasteiger partial charge in [0.05, 0.1) is 47.4 Å². The van der Waals surface area contributed by atoms with E-state index in [9.17, 15) is 19.8 Å². The molecule has 19 heteroatoms. The average Bonchev–Trinajstić information content (AvgIpc) is 4.08. The number of β-amino-alcohol motifs (C(OH)–C–C–N with tert-alkyl or cyclic N) is 1.